The molecule has 0 radical (unpaired) electrons. The summed E-state index contributed by atoms with van der Waals surface area (Å²) in [6.45, 7) is 5.40. The number of hydrogen-bond acceptors (Lipinski definition) is 3. The number of rotatable bonds is 2. The van der Waals surface area contributed by atoms with Gasteiger partial charge in [-0.15, -0.1) is 0 Å². The summed E-state index contributed by atoms with van der Waals surface area (Å²) >= 11 is 5.80. The zero-order valence-corrected chi connectivity index (χ0v) is 12.8. The van der Waals surface area contributed by atoms with Gasteiger partial charge in [-0.3, -0.25) is 0 Å². The molecule has 0 atom stereocenters. The second kappa shape index (κ2) is 4.96. The summed E-state index contributed by atoms with van der Waals surface area (Å²) < 4.78 is 26.6. The fraction of sp³-hybridized carbons (Fsp3) is 0.538. The van der Waals surface area contributed by atoms with Crippen molar-refractivity contribution in [3.8, 4) is 0 Å². The van der Waals surface area contributed by atoms with Crippen molar-refractivity contribution in [3.05, 3.63) is 23.2 Å². The first kappa shape index (κ1) is 14.6. The van der Waals surface area contributed by atoms with Gasteiger partial charge in [0, 0.05) is 18.1 Å². The lowest BCUT2D eigenvalue weighted by Gasteiger charge is -2.36. The molecule has 106 valence electrons. The molecular weight excluding hydrogens is 284 g/mol. The highest BCUT2D eigenvalue weighted by Crippen LogP contribution is 2.33. The molecule has 1 saturated heterocycles. The molecule has 1 aromatic rings. The van der Waals surface area contributed by atoms with E-state index in [1.807, 2.05) is 0 Å². The third kappa shape index (κ3) is 3.04. The first-order chi connectivity index (χ1) is 8.72. The maximum atomic E-state index is 12.5. The molecule has 6 heteroatoms. The summed E-state index contributed by atoms with van der Waals surface area (Å²) in [6, 6.07) is 4.51. The normalized spacial score (nSPS) is 20.4. The number of anilines is 1. The van der Waals surface area contributed by atoms with Crippen LogP contribution in [0.1, 0.15) is 26.7 Å². The summed E-state index contributed by atoms with van der Waals surface area (Å²) in [6.07, 6.45) is 1.72. The lowest BCUT2D eigenvalue weighted by atomic mass is 9.83. The summed E-state index contributed by atoms with van der Waals surface area (Å²) in [5.41, 5.74) is 6.19. The standard InChI is InChI=1S/C13H19ClN2O2S/c1-13(2)5-7-16(8-6-13)19(17,18)12-4-3-10(14)9-11(12)15/h3-4,9H,5-8,15H2,1-2H3. The van der Waals surface area contributed by atoms with Crippen LogP contribution < -0.4 is 5.73 Å². The number of halogens is 1. The molecular formula is C13H19ClN2O2S. The Morgan fingerprint density at radius 1 is 1.26 bits per heavy atom. The van der Waals surface area contributed by atoms with Gasteiger partial charge in [-0.2, -0.15) is 4.31 Å². The largest absolute Gasteiger partial charge is 0.398 e. The Bertz CT molecular complexity index is 574. The number of piperidine rings is 1. The molecule has 2 rings (SSSR count). The average Bonchev–Trinajstić information content (AvgIpc) is 2.27. The van der Waals surface area contributed by atoms with Gasteiger partial charge in [0.2, 0.25) is 10.0 Å². The quantitative estimate of drug-likeness (QED) is 0.854. The van der Waals surface area contributed by atoms with Crippen LogP contribution in [-0.4, -0.2) is 25.8 Å². The van der Waals surface area contributed by atoms with Crippen LogP contribution in [0, 0.1) is 5.41 Å². The van der Waals surface area contributed by atoms with Crippen molar-refractivity contribution in [3.63, 3.8) is 0 Å². The van der Waals surface area contributed by atoms with E-state index in [2.05, 4.69) is 13.8 Å². The van der Waals surface area contributed by atoms with E-state index in [1.165, 1.54) is 16.4 Å². The minimum atomic E-state index is -3.51. The summed E-state index contributed by atoms with van der Waals surface area (Å²) in [5.74, 6) is 0. The van der Waals surface area contributed by atoms with E-state index in [0.717, 1.165) is 12.8 Å². The van der Waals surface area contributed by atoms with Crippen molar-refractivity contribution >= 4 is 27.3 Å². The second-order valence-corrected chi connectivity index (χ2v) is 8.09. The molecule has 1 aliphatic rings. The highest BCUT2D eigenvalue weighted by atomic mass is 35.5. The highest BCUT2D eigenvalue weighted by Gasteiger charge is 2.33. The molecule has 1 fully saturated rings. The topological polar surface area (TPSA) is 63.4 Å². The minimum absolute atomic E-state index is 0.150. The molecule has 2 N–H and O–H groups in total. The number of hydrogen-bond donors (Lipinski definition) is 1. The Balaban J connectivity index is 2.28. The first-order valence-electron chi connectivity index (χ1n) is 6.28. The van der Waals surface area contributed by atoms with Crippen molar-refractivity contribution in [1.29, 1.82) is 0 Å². The van der Waals surface area contributed by atoms with Gasteiger partial charge in [-0.1, -0.05) is 25.4 Å². The van der Waals surface area contributed by atoms with Gasteiger partial charge in [-0.25, -0.2) is 8.42 Å². The van der Waals surface area contributed by atoms with Crippen LogP contribution in [-0.2, 0) is 10.0 Å². The van der Waals surface area contributed by atoms with Crippen LogP contribution in [0.5, 0.6) is 0 Å². The number of nitrogen functional groups attached to an aromatic ring is 1. The van der Waals surface area contributed by atoms with Gasteiger partial charge in [0.1, 0.15) is 4.90 Å². The van der Waals surface area contributed by atoms with E-state index in [0.29, 0.717) is 18.1 Å². The van der Waals surface area contributed by atoms with Crippen molar-refractivity contribution in [2.24, 2.45) is 5.41 Å². The smallest absolute Gasteiger partial charge is 0.245 e. The maximum absolute atomic E-state index is 12.5. The van der Waals surface area contributed by atoms with Crippen molar-refractivity contribution in [1.82, 2.24) is 4.31 Å². The van der Waals surface area contributed by atoms with E-state index in [-0.39, 0.29) is 16.0 Å². The second-order valence-electron chi connectivity index (χ2n) is 5.75. The lowest BCUT2D eigenvalue weighted by Crippen LogP contribution is -2.41. The molecule has 19 heavy (non-hydrogen) atoms. The molecule has 0 unspecified atom stereocenters. The summed E-state index contributed by atoms with van der Waals surface area (Å²) in [4.78, 5) is 0.150. The van der Waals surface area contributed by atoms with Crippen molar-refractivity contribution < 1.29 is 8.42 Å². The SMILES string of the molecule is CC1(C)CCN(S(=O)(=O)c2ccc(Cl)cc2N)CC1. The van der Waals surface area contributed by atoms with Crippen molar-refractivity contribution in [2.75, 3.05) is 18.8 Å². The van der Waals surface area contributed by atoms with Crippen LogP contribution in [0.2, 0.25) is 5.02 Å². The fourth-order valence-corrected chi connectivity index (χ4v) is 3.94. The van der Waals surface area contributed by atoms with Gasteiger partial charge < -0.3 is 5.73 Å². The van der Waals surface area contributed by atoms with Gasteiger partial charge >= 0.3 is 0 Å². The number of nitrogens with two attached hydrogens (primary N) is 1. The molecule has 0 aromatic heterocycles. The third-order valence-electron chi connectivity index (χ3n) is 3.67. The molecule has 1 aliphatic heterocycles. The molecule has 1 heterocycles. The molecule has 0 aliphatic carbocycles. The predicted octanol–water partition coefficient (Wildman–Crippen LogP) is 2.73. The number of benzene rings is 1. The van der Waals surface area contributed by atoms with E-state index in [4.69, 9.17) is 17.3 Å². The highest BCUT2D eigenvalue weighted by molar-refractivity contribution is 7.89. The van der Waals surface area contributed by atoms with Crippen LogP contribution in [0.25, 0.3) is 0 Å². The molecule has 0 spiro atoms. The van der Waals surface area contributed by atoms with E-state index >= 15 is 0 Å². The molecule has 1 aromatic carbocycles. The lowest BCUT2D eigenvalue weighted by molar-refractivity contribution is 0.196. The molecule has 0 amide bonds. The Labute approximate surface area is 119 Å². The number of sulfonamides is 1. The zero-order valence-electron chi connectivity index (χ0n) is 11.2. The Morgan fingerprint density at radius 3 is 2.37 bits per heavy atom. The third-order valence-corrected chi connectivity index (χ3v) is 5.87. The van der Waals surface area contributed by atoms with Gasteiger partial charge in [0.15, 0.2) is 0 Å². The molecule has 0 bridgehead atoms. The fourth-order valence-electron chi connectivity index (χ4n) is 2.23. The first-order valence-corrected chi connectivity index (χ1v) is 8.09. The van der Waals surface area contributed by atoms with Gasteiger partial charge in [0.05, 0.1) is 5.69 Å². The molecule has 0 saturated carbocycles. The average molecular weight is 303 g/mol. The van der Waals surface area contributed by atoms with Crippen LogP contribution in [0.3, 0.4) is 0 Å². The number of nitrogens with zero attached hydrogens (tertiary/aromatic N) is 1. The Morgan fingerprint density at radius 2 is 1.84 bits per heavy atom. The maximum Gasteiger partial charge on any atom is 0.245 e. The Hall–Kier alpha value is -0.780. The predicted molar refractivity (Wildman–Crippen MR) is 77.6 cm³/mol. The van der Waals surface area contributed by atoms with Crippen LogP contribution >= 0.6 is 11.6 Å². The minimum Gasteiger partial charge on any atom is -0.398 e. The molecule has 4 nitrogen and oxygen atoms in total. The summed E-state index contributed by atoms with van der Waals surface area (Å²) in [7, 11) is -3.51. The van der Waals surface area contributed by atoms with E-state index in [1.54, 1.807) is 6.07 Å². The van der Waals surface area contributed by atoms with Gasteiger partial charge in [0.25, 0.3) is 0 Å². The monoisotopic (exact) mass is 302 g/mol. The zero-order chi connectivity index (χ0) is 14.3. The van der Waals surface area contributed by atoms with E-state index < -0.39 is 10.0 Å². The van der Waals surface area contributed by atoms with Crippen molar-refractivity contribution in [2.45, 2.75) is 31.6 Å². The van der Waals surface area contributed by atoms with Crippen LogP contribution in [0.15, 0.2) is 23.1 Å². The summed E-state index contributed by atoms with van der Waals surface area (Å²) in [5, 5.41) is 0.441. The van der Waals surface area contributed by atoms with Gasteiger partial charge in [-0.05, 0) is 36.5 Å². The Kier molecular flexibility index (Phi) is 3.82. The van der Waals surface area contributed by atoms with E-state index in [9.17, 15) is 8.42 Å². The van der Waals surface area contributed by atoms with Crippen LogP contribution in [0.4, 0.5) is 5.69 Å².